The van der Waals surface area contributed by atoms with Crippen LogP contribution < -0.4 is 10.6 Å². The number of hydrogen-bond acceptors (Lipinski definition) is 7. The van der Waals surface area contributed by atoms with E-state index in [0.717, 1.165) is 6.42 Å². The Morgan fingerprint density at radius 3 is 1.86 bits per heavy atom. The fourth-order valence-corrected chi connectivity index (χ4v) is 5.97. The Hall–Kier alpha value is -2.73. The second-order valence-corrected chi connectivity index (χ2v) is 10.3. The smallest absolute Gasteiger partial charge is 0.326 e. The van der Waals surface area contributed by atoms with Crippen LogP contribution in [0.15, 0.2) is 0 Å². The van der Waals surface area contributed by atoms with Gasteiger partial charge >= 0.3 is 5.97 Å². The quantitative estimate of drug-likeness (QED) is 0.330. The van der Waals surface area contributed by atoms with Gasteiger partial charge in [-0.1, -0.05) is 0 Å². The molecule has 4 amide bonds. The summed E-state index contributed by atoms with van der Waals surface area (Å²) in [5, 5.41) is 25.5. The third-order valence-corrected chi connectivity index (χ3v) is 7.89. The molecule has 0 aliphatic carbocycles. The summed E-state index contributed by atoms with van der Waals surface area (Å²) in [7, 11) is 0. The van der Waals surface area contributed by atoms with Gasteiger partial charge in [-0.15, -0.1) is 0 Å². The van der Waals surface area contributed by atoms with E-state index in [-0.39, 0.29) is 17.7 Å². The number of carbonyl (C=O) groups is 5. The van der Waals surface area contributed by atoms with Crippen LogP contribution in [0.25, 0.3) is 0 Å². The van der Waals surface area contributed by atoms with Gasteiger partial charge in [0.15, 0.2) is 0 Å². The van der Waals surface area contributed by atoms with Gasteiger partial charge in [-0.3, -0.25) is 19.2 Å². The number of aliphatic hydroxyl groups excluding tert-OH is 1. The lowest BCUT2D eigenvalue weighted by atomic mass is 10.1. The van der Waals surface area contributed by atoms with E-state index >= 15 is 0 Å². The predicted molar refractivity (Wildman–Crippen MR) is 126 cm³/mol. The van der Waals surface area contributed by atoms with E-state index in [2.05, 4.69) is 10.6 Å². The van der Waals surface area contributed by atoms with Crippen molar-refractivity contribution in [1.29, 1.82) is 0 Å². The molecule has 0 radical (unpaired) electrons. The van der Waals surface area contributed by atoms with E-state index in [0.29, 0.717) is 71.1 Å². The van der Waals surface area contributed by atoms with Crippen LogP contribution in [0.1, 0.15) is 58.3 Å². The molecule has 200 valence electrons. The topological polar surface area (TPSA) is 160 Å². The normalized spacial score (nSPS) is 29.9. The molecular formula is C24H37N5O7. The van der Waals surface area contributed by atoms with Crippen molar-refractivity contribution in [2.75, 3.05) is 26.2 Å². The number of carboxylic acids is 1. The number of nitrogens with one attached hydrogen (secondary N) is 2. The zero-order valence-electron chi connectivity index (χ0n) is 20.7. The Morgan fingerprint density at radius 1 is 0.806 bits per heavy atom. The van der Waals surface area contributed by atoms with Crippen molar-refractivity contribution >= 4 is 29.6 Å². The van der Waals surface area contributed by atoms with Crippen molar-refractivity contribution in [3.63, 3.8) is 0 Å². The van der Waals surface area contributed by atoms with E-state index < -0.39 is 48.2 Å². The zero-order chi connectivity index (χ0) is 26.0. The van der Waals surface area contributed by atoms with Crippen LogP contribution in [0.4, 0.5) is 0 Å². The first-order chi connectivity index (χ1) is 17.2. The summed E-state index contributed by atoms with van der Waals surface area (Å²) >= 11 is 0. The molecule has 0 aromatic carbocycles. The molecule has 4 rings (SSSR count). The lowest BCUT2D eigenvalue weighted by Crippen LogP contribution is -2.60. The minimum atomic E-state index is -1.18. The van der Waals surface area contributed by atoms with Gasteiger partial charge < -0.3 is 35.5 Å². The SMILES string of the molecule is C[C@@H](O)[C@H](NC(=O)[C@@H]1CCCN1)C(=O)N1CCC[C@H]1C(=O)N1CCC[C@H]1C(=O)N1CCC[C@H]1C(=O)O. The predicted octanol–water partition coefficient (Wildman–Crippen LogP) is -1.34. The third kappa shape index (κ3) is 5.19. The maximum Gasteiger partial charge on any atom is 0.326 e. The van der Waals surface area contributed by atoms with Crippen LogP contribution in [0.5, 0.6) is 0 Å². The van der Waals surface area contributed by atoms with Crippen molar-refractivity contribution in [3.8, 4) is 0 Å². The lowest BCUT2D eigenvalue weighted by molar-refractivity contribution is -0.154. The maximum absolute atomic E-state index is 13.6. The molecule has 0 spiro atoms. The summed E-state index contributed by atoms with van der Waals surface area (Å²) < 4.78 is 0. The summed E-state index contributed by atoms with van der Waals surface area (Å²) in [6.45, 7) is 3.18. The number of rotatable bonds is 7. The van der Waals surface area contributed by atoms with Crippen molar-refractivity contribution in [3.05, 3.63) is 0 Å². The largest absolute Gasteiger partial charge is 0.480 e. The van der Waals surface area contributed by atoms with E-state index in [1.165, 1.54) is 21.6 Å². The molecule has 0 aromatic rings. The monoisotopic (exact) mass is 507 g/mol. The summed E-state index contributed by atoms with van der Waals surface area (Å²) in [6, 6.07) is -3.99. The zero-order valence-corrected chi connectivity index (χ0v) is 20.7. The van der Waals surface area contributed by atoms with Gasteiger partial charge in [0.1, 0.15) is 24.2 Å². The fraction of sp³-hybridized carbons (Fsp3) is 0.792. The standard InChI is InChI=1S/C24H37N5O7/c1-14(30)19(26-20(31)15-6-2-10-25-15)23(34)28-12-4-8-17(28)21(32)27-11-3-7-16(27)22(33)29-13-5-9-18(29)24(35)36/h14-19,25,30H,2-13H2,1H3,(H,26,31)(H,35,36)/t14-,15+,16+,17+,18+,19+/m1/s1. The second kappa shape index (κ2) is 11.1. The van der Waals surface area contributed by atoms with Gasteiger partial charge in [0.05, 0.1) is 12.1 Å². The molecule has 4 saturated heterocycles. The molecule has 4 N–H and O–H groups in total. The molecule has 12 heteroatoms. The molecule has 12 nitrogen and oxygen atoms in total. The molecule has 4 aliphatic heterocycles. The molecule has 0 bridgehead atoms. The molecule has 36 heavy (non-hydrogen) atoms. The van der Waals surface area contributed by atoms with Gasteiger partial charge in [0.25, 0.3) is 0 Å². The first kappa shape index (κ1) is 26.3. The molecule has 0 saturated carbocycles. The van der Waals surface area contributed by atoms with Crippen molar-refractivity contribution in [2.45, 2.75) is 94.6 Å². The number of hydrogen-bond donors (Lipinski definition) is 4. The molecular weight excluding hydrogens is 470 g/mol. The van der Waals surface area contributed by atoms with Gasteiger partial charge in [-0.2, -0.15) is 0 Å². The molecule has 4 aliphatic rings. The second-order valence-electron chi connectivity index (χ2n) is 10.3. The first-order valence-electron chi connectivity index (χ1n) is 13.1. The van der Waals surface area contributed by atoms with Crippen LogP contribution in [0.2, 0.25) is 0 Å². The first-order valence-corrected chi connectivity index (χ1v) is 13.1. The number of amides is 4. The molecule has 4 fully saturated rings. The Balaban J connectivity index is 1.45. The summed E-state index contributed by atoms with van der Waals surface area (Å²) in [5.74, 6) is -2.59. The summed E-state index contributed by atoms with van der Waals surface area (Å²) in [6.07, 6.45) is 3.45. The van der Waals surface area contributed by atoms with Gasteiger partial charge in [0, 0.05) is 19.6 Å². The Bertz CT molecular complexity index is 890. The molecule has 6 atom stereocenters. The highest BCUT2D eigenvalue weighted by atomic mass is 16.4. The minimum Gasteiger partial charge on any atom is -0.480 e. The van der Waals surface area contributed by atoms with E-state index in [4.69, 9.17) is 0 Å². The van der Waals surface area contributed by atoms with Crippen LogP contribution in [-0.4, -0.2) is 117 Å². The number of nitrogens with zero attached hydrogens (tertiary/aromatic N) is 3. The average molecular weight is 508 g/mol. The van der Waals surface area contributed by atoms with Crippen molar-refractivity contribution < 1.29 is 34.2 Å². The molecule has 0 unspecified atom stereocenters. The Kier molecular flexibility index (Phi) is 8.13. The number of aliphatic hydroxyl groups is 1. The number of carboxylic acid groups (broad SMARTS) is 1. The van der Waals surface area contributed by atoms with Crippen LogP contribution in [0, 0.1) is 0 Å². The number of aliphatic carboxylic acids is 1. The molecule has 4 heterocycles. The number of likely N-dealkylation sites (tertiary alicyclic amines) is 3. The van der Waals surface area contributed by atoms with Crippen LogP contribution in [-0.2, 0) is 24.0 Å². The highest BCUT2D eigenvalue weighted by molar-refractivity contribution is 5.96. The Morgan fingerprint density at radius 2 is 1.33 bits per heavy atom. The minimum absolute atomic E-state index is 0.315. The summed E-state index contributed by atoms with van der Waals surface area (Å²) in [4.78, 5) is 68.8. The fourth-order valence-electron chi connectivity index (χ4n) is 5.97. The average Bonchev–Trinajstić information content (AvgIpc) is 3.66. The molecule has 0 aromatic heterocycles. The van der Waals surface area contributed by atoms with Gasteiger partial charge in [0.2, 0.25) is 23.6 Å². The maximum atomic E-state index is 13.6. The van der Waals surface area contributed by atoms with Crippen LogP contribution in [0.3, 0.4) is 0 Å². The highest BCUT2D eigenvalue weighted by Crippen LogP contribution is 2.29. The Labute approximate surface area is 210 Å². The van der Waals surface area contributed by atoms with Gasteiger partial charge in [-0.05, 0) is 64.8 Å². The van der Waals surface area contributed by atoms with E-state index in [9.17, 15) is 34.2 Å². The van der Waals surface area contributed by atoms with E-state index in [1.54, 1.807) is 0 Å². The van der Waals surface area contributed by atoms with E-state index in [1.807, 2.05) is 0 Å². The lowest BCUT2D eigenvalue weighted by Gasteiger charge is -2.35. The third-order valence-electron chi connectivity index (χ3n) is 7.89. The number of carbonyl (C=O) groups excluding carboxylic acids is 4. The highest BCUT2D eigenvalue weighted by Gasteiger charge is 2.46. The van der Waals surface area contributed by atoms with Gasteiger partial charge in [-0.25, -0.2) is 4.79 Å². The summed E-state index contributed by atoms with van der Waals surface area (Å²) in [5.41, 5.74) is 0. The van der Waals surface area contributed by atoms with Crippen molar-refractivity contribution in [2.24, 2.45) is 0 Å². The van der Waals surface area contributed by atoms with Crippen molar-refractivity contribution in [1.82, 2.24) is 25.3 Å². The van der Waals surface area contributed by atoms with Crippen LogP contribution >= 0.6 is 0 Å².